The first-order valence-electron chi connectivity index (χ1n) is 9.72. The molecule has 1 saturated heterocycles. The Hall–Kier alpha value is -2.87. The van der Waals surface area contributed by atoms with E-state index in [-0.39, 0.29) is 11.7 Å². The lowest BCUT2D eigenvalue weighted by Gasteiger charge is -2.21. The highest BCUT2D eigenvalue weighted by molar-refractivity contribution is 5.90. The molecule has 0 saturated carbocycles. The minimum absolute atomic E-state index is 0.213. The lowest BCUT2D eigenvalue weighted by Crippen LogP contribution is -2.33. The van der Waals surface area contributed by atoms with Gasteiger partial charge in [0.05, 0.1) is 14.2 Å². The van der Waals surface area contributed by atoms with Gasteiger partial charge in [-0.05, 0) is 38.0 Å². The third-order valence-corrected chi connectivity index (χ3v) is 5.29. The Balaban J connectivity index is 1.68. The van der Waals surface area contributed by atoms with Crippen molar-refractivity contribution in [3.63, 3.8) is 0 Å². The second-order valence-corrected chi connectivity index (χ2v) is 7.19. The first kappa shape index (κ1) is 20.9. The van der Waals surface area contributed by atoms with Crippen LogP contribution in [0.1, 0.15) is 33.9 Å². The Morgan fingerprint density at radius 2 is 1.86 bits per heavy atom. The van der Waals surface area contributed by atoms with Crippen molar-refractivity contribution in [2.24, 2.45) is 0 Å². The molecule has 3 rings (SSSR count). The summed E-state index contributed by atoms with van der Waals surface area (Å²) in [6.07, 6.45) is 0.999. The minimum atomic E-state index is -0.268. The molecule has 156 valence electrons. The van der Waals surface area contributed by atoms with E-state index in [1.807, 2.05) is 32.0 Å². The number of nitrogens with zero attached hydrogens (tertiary/aromatic N) is 3. The zero-order chi connectivity index (χ0) is 21.0. The number of nitrogens with one attached hydrogen (secondary N) is 2. The van der Waals surface area contributed by atoms with Gasteiger partial charge in [-0.15, -0.1) is 0 Å². The van der Waals surface area contributed by atoms with Gasteiger partial charge in [0.15, 0.2) is 0 Å². The van der Waals surface area contributed by atoms with Crippen LogP contribution >= 0.6 is 0 Å². The summed E-state index contributed by atoms with van der Waals surface area (Å²) in [5.74, 6) is 2.34. The van der Waals surface area contributed by atoms with E-state index in [0.717, 1.165) is 60.2 Å². The van der Waals surface area contributed by atoms with Crippen LogP contribution in [-0.2, 0) is 6.54 Å². The number of benzene rings is 1. The lowest BCUT2D eigenvalue weighted by atomic mass is 10.1. The average molecular weight is 399 g/mol. The summed E-state index contributed by atoms with van der Waals surface area (Å²) < 4.78 is 10.7. The number of amides is 1. The number of hydrogen-bond donors (Lipinski definition) is 2. The van der Waals surface area contributed by atoms with Crippen LogP contribution in [0.25, 0.3) is 0 Å². The largest absolute Gasteiger partial charge is 0.497 e. The van der Waals surface area contributed by atoms with Crippen molar-refractivity contribution in [2.75, 3.05) is 39.3 Å². The van der Waals surface area contributed by atoms with Crippen LogP contribution < -0.4 is 25.0 Å². The average Bonchev–Trinajstić information content (AvgIpc) is 3.21. The smallest absolute Gasteiger partial charge is 0.288 e. The molecule has 1 aromatic carbocycles. The van der Waals surface area contributed by atoms with Crippen molar-refractivity contribution in [3.8, 4) is 11.5 Å². The molecule has 1 amide bonds. The van der Waals surface area contributed by atoms with Crippen molar-refractivity contribution in [3.05, 3.63) is 40.8 Å². The Bertz CT molecular complexity index is 865. The predicted molar refractivity (Wildman–Crippen MR) is 112 cm³/mol. The molecule has 0 unspecified atom stereocenters. The molecule has 8 nitrogen and oxygen atoms in total. The van der Waals surface area contributed by atoms with E-state index in [1.165, 1.54) is 0 Å². The van der Waals surface area contributed by atoms with Gasteiger partial charge in [-0.3, -0.25) is 4.79 Å². The molecule has 0 bridgehead atoms. The highest BCUT2D eigenvalue weighted by Gasteiger charge is 2.26. The summed E-state index contributed by atoms with van der Waals surface area (Å²) in [5, 5.41) is 6.20. The fourth-order valence-corrected chi connectivity index (χ4v) is 3.48. The molecule has 1 aliphatic heterocycles. The maximum absolute atomic E-state index is 12.0. The van der Waals surface area contributed by atoms with E-state index < -0.39 is 0 Å². The van der Waals surface area contributed by atoms with E-state index in [1.54, 1.807) is 21.3 Å². The summed E-state index contributed by atoms with van der Waals surface area (Å²) in [6.45, 7) is 6.34. The standard InChI is InChI=1S/C21H29N5O3/c1-13-14(2)24-19(21(27)22-3)25-20(13)26-7-6-16(12-26)23-11-15-8-17(28-4)10-18(9-15)29-5/h8-10,16,23H,6-7,11-12H2,1-5H3,(H,22,27)/t16-/m1/s1. The second kappa shape index (κ2) is 9.09. The number of hydrogen-bond acceptors (Lipinski definition) is 7. The van der Waals surface area contributed by atoms with Gasteiger partial charge >= 0.3 is 0 Å². The molecule has 0 aliphatic carbocycles. The quantitative estimate of drug-likeness (QED) is 0.734. The normalized spacial score (nSPS) is 16.0. The third-order valence-electron chi connectivity index (χ3n) is 5.29. The number of anilines is 1. The molecule has 1 aromatic heterocycles. The molecule has 2 aromatic rings. The summed E-state index contributed by atoms with van der Waals surface area (Å²) in [4.78, 5) is 23.0. The van der Waals surface area contributed by atoms with Gasteiger partial charge in [0, 0.05) is 50.0 Å². The molecule has 1 atom stereocenters. The van der Waals surface area contributed by atoms with Crippen LogP contribution in [0.3, 0.4) is 0 Å². The van der Waals surface area contributed by atoms with Gasteiger partial charge in [-0.2, -0.15) is 0 Å². The zero-order valence-electron chi connectivity index (χ0n) is 17.7. The molecule has 2 heterocycles. The van der Waals surface area contributed by atoms with Gasteiger partial charge in [0.2, 0.25) is 5.82 Å². The predicted octanol–water partition coefficient (Wildman–Crippen LogP) is 1.84. The highest BCUT2D eigenvalue weighted by atomic mass is 16.5. The molecule has 1 aliphatic rings. The monoisotopic (exact) mass is 399 g/mol. The number of ether oxygens (including phenoxy) is 2. The Morgan fingerprint density at radius 3 is 2.48 bits per heavy atom. The van der Waals surface area contributed by atoms with Crippen LogP contribution in [0.15, 0.2) is 18.2 Å². The van der Waals surface area contributed by atoms with E-state index in [9.17, 15) is 4.79 Å². The molecule has 29 heavy (non-hydrogen) atoms. The summed E-state index contributed by atoms with van der Waals surface area (Å²) >= 11 is 0. The highest BCUT2D eigenvalue weighted by Crippen LogP contribution is 2.25. The molecular formula is C21H29N5O3. The number of carbonyl (C=O) groups is 1. The SMILES string of the molecule is CNC(=O)c1nc(C)c(C)c(N2CC[C@@H](NCc3cc(OC)cc(OC)c3)C2)n1. The fraction of sp³-hybridized carbons (Fsp3) is 0.476. The van der Waals surface area contributed by atoms with Gasteiger partial charge in [-0.1, -0.05) is 0 Å². The summed E-state index contributed by atoms with van der Waals surface area (Å²) in [7, 11) is 4.89. The molecule has 0 spiro atoms. The maximum Gasteiger partial charge on any atom is 0.288 e. The van der Waals surface area contributed by atoms with Crippen LogP contribution in [-0.4, -0.2) is 56.3 Å². The van der Waals surface area contributed by atoms with Gasteiger partial charge in [0.25, 0.3) is 5.91 Å². The first-order valence-corrected chi connectivity index (χ1v) is 9.72. The summed E-state index contributed by atoms with van der Waals surface area (Å²) in [6, 6.07) is 6.21. The van der Waals surface area contributed by atoms with Crippen LogP contribution in [0.5, 0.6) is 11.5 Å². The molecule has 1 fully saturated rings. The van der Waals surface area contributed by atoms with Crippen molar-refractivity contribution in [2.45, 2.75) is 32.9 Å². The van der Waals surface area contributed by atoms with Gasteiger partial charge < -0.3 is 25.0 Å². The number of carbonyl (C=O) groups excluding carboxylic acids is 1. The van der Waals surface area contributed by atoms with E-state index in [0.29, 0.717) is 6.04 Å². The molecule has 8 heteroatoms. The van der Waals surface area contributed by atoms with Crippen molar-refractivity contribution >= 4 is 11.7 Å². The Labute approximate surface area is 171 Å². The summed E-state index contributed by atoms with van der Waals surface area (Å²) in [5.41, 5.74) is 2.94. The van der Waals surface area contributed by atoms with Crippen molar-refractivity contribution in [1.82, 2.24) is 20.6 Å². The van der Waals surface area contributed by atoms with Crippen LogP contribution in [0.4, 0.5) is 5.82 Å². The Morgan fingerprint density at radius 1 is 1.17 bits per heavy atom. The van der Waals surface area contributed by atoms with Gasteiger partial charge in [-0.25, -0.2) is 9.97 Å². The molecule has 2 N–H and O–H groups in total. The number of aromatic nitrogens is 2. The topological polar surface area (TPSA) is 88.6 Å². The van der Waals surface area contributed by atoms with Crippen molar-refractivity contribution in [1.29, 1.82) is 0 Å². The Kier molecular flexibility index (Phi) is 6.53. The van der Waals surface area contributed by atoms with Crippen molar-refractivity contribution < 1.29 is 14.3 Å². The molecular weight excluding hydrogens is 370 g/mol. The minimum Gasteiger partial charge on any atom is -0.497 e. The fourth-order valence-electron chi connectivity index (χ4n) is 3.48. The maximum atomic E-state index is 12.0. The number of methoxy groups -OCH3 is 2. The zero-order valence-corrected chi connectivity index (χ0v) is 17.7. The first-order chi connectivity index (χ1) is 13.9. The number of rotatable bonds is 7. The van der Waals surface area contributed by atoms with E-state index in [2.05, 4.69) is 25.5 Å². The molecule has 0 radical (unpaired) electrons. The second-order valence-electron chi connectivity index (χ2n) is 7.19. The number of aryl methyl sites for hydroxylation is 1. The van der Waals surface area contributed by atoms with E-state index in [4.69, 9.17) is 9.47 Å². The van der Waals surface area contributed by atoms with E-state index >= 15 is 0 Å². The van der Waals surface area contributed by atoms with Crippen LogP contribution in [0.2, 0.25) is 0 Å². The lowest BCUT2D eigenvalue weighted by molar-refractivity contribution is 0.0952. The van der Waals surface area contributed by atoms with Crippen LogP contribution in [0, 0.1) is 13.8 Å². The third kappa shape index (κ3) is 4.76. The van der Waals surface area contributed by atoms with Gasteiger partial charge in [0.1, 0.15) is 17.3 Å².